The molecule has 0 aromatic heterocycles. The van der Waals surface area contributed by atoms with E-state index in [0.717, 1.165) is 30.4 Å². The van der Waals surface area contributed by atoms with E-state index in [2.05, 4.69) is 84.9 Å². The number of Topliss-reactive ketones (excluding diaryl/α,β-unsaturated/α-hetero) is 1. The predicted octanol–water partition coefficient (Wildman–Crippen LogP) is 7.39. The molecule has 3 rings (SSSR count). The minimum atomic E-state index is 0.230. The normalized spacial score (nSPS) is 20.0. The summed E-state index contributed by atoms with van der Waals surface area (Å²) in [5.74, 6) is 0.760. The zero-order chi connectivity index (χ0) is 21.3. The number of hydrogen-bond acceptors (Lipinski definition) is 1. The van der Waals surface area contributed by atoms with Crippen molar-refractivity contribution in [1.82, 2.24) is 0 Å². The van der Waals surface area contributed by atoms with Crippen LogP contribution in [0.15, 0.2) is 35.4 Å². The number of hydrogen-bond donors (Lipinski definition) is 0. The number of ketones is 1. The van der Waals surface area contributed by atoms with Gasteiger partial charge in [0.25, 0.3) is 0 Å². The molecule has 1 aliphatic carbocycles. The van der Waals surface area contributed by atoms with Crippen molar-refractivity contribution in [1.29, 1.82) is 0 Å². The van der Waals surface area contributed by atoms with Crippen molar-refractivity contribution in [2.24, 2.45) is 5.92 Å². The monoisotopic (exact) mass is 386 g/mol. The highest BCUT2D eigenvalue weighted by molar-refractivity contribution is 6.14. The Hall–Kier alpha value is -2.41. The van der Waals surface area contributed by atoms with E-state index in [1.54, 1.807) is 0 Å². The van der Waals surface area contributed by atoms with E-state index in [1.165, 1.54) is 44.5 Å². The van der Waals surface area contributed by atoms with Gasteiger partial charge in [0.2, 0.25) is 0 Å². The molecule has 1 nitrogen and oxygen atoms in total. The summed E-state index contributed by atoms with van der Waals surface area (Å²) in [4.78, 5) is 13.4. The topological polar surface area (TPSA) is 17.1 Å². The van der Waals surface area contributed by atoms with Gasteiger partial charge in [-0.2, -0.15) is 0 Å². The Morgan fingerprint density at radius 3 is 1.38 bits per heavy atom. The van der Waals surface area contributed by atoms with E-state index in [4.69, 9.17) is 0 Å². The lowest BCUT2D eigenvalue weighted by molar-refractivity contribution is -0.113. The molecule has 0 saturated heterocycles. The summed E-state index contributed by atoms with van der Waals surface area (Å²) in [6, 6.07) is 8.83. The van der Waals surface area contributed by atoms with Crippen LogP contribution in [0.25, 0.3) is 12.2 Å². The van der Waals surface area contributed by atoms with Crippen molar-refractivity contribution in [3.63, 3.8) is 0 Å². The van der Waals surface area contributed by atoms with E-state index in [-0.39, 0.29) is 5.78 Å². The first-order valence-electron chi connectivity index (χ1n) is 10.8. The number of rotatable bonds is 3. The first kappa shape index (κ1) is 21.3. The van der Waals surface area contributed by atoms with Gasteiger partial charge in [-0.25, -0.2) is 0 Å². The molecule has 2 aromatic carbocycles. The van der Waals surface area contributed by atoms with Crippen LogP contribution in [0.3, 0.4) is 0 Å². The molecule has 0 amide bonds. The van der Waals surface area contributed by atoms with Crippen molar-refractivity contribution in [2.75, 3.05) is 0 Å². The molecular weight excluding hydrogens is 352 g/mol. The van der Waals surface area contributed by atoms with Crippen LogP contribution in [0.2, 0.25) is 0 Å². The quantitative estimate of drug-likeness (QED) is 0.502. The Morgan fingerprint density at radius 2 is 1.07 bits per heavy atom. The van der Waals surface area contributed by atoms with Gasteiger partial charge >= 0.3 is 0 Å². The second-order valence-electron chi connectivity index (χ2n) is 8.98. The maximum Gasteiger partial charge on any atom is 0.185 e. The van der Waals surface area contributed by atoms with Crippen LogP contribution >= 0.6 is 0 Å². The molecule has 1 heteroatoms. The molecule has 0 N–H and O–H groups in total. The number of benzene rings is 2. The van der Waals surface area contributed by atoms with Gasteiger partial charge in [-0.1, -0.05) is 48.7 Å². The van der Waals surface area contributed by atoms with E-state index >= 15 is 0 Å². The van der Waals surface area contributed by atoms with Crippen LogP contribution in [0.4, 0.5) is 0 Å². The average molecular weight is 387 g/mol. The summed E-state index contributed by atoms with van der Waals surface area (Å²) >= 11 is 0. The lowest BCUT2D eigenvalue weighted by atomic mass is 9.78. The second-order valence-corrected chi connectivity index (χ2v) is 8.98. The molecule has 0 heterocycles. The predicted molar refractivity (Wildman–Crippen MR) is 125 cm³/mol. The van der Waals surface area contributed by atoms with Gasteiger partial charge in [0, 0.05) is 11.1 Å². The standard InChI is InChI=1S/C28H34O/c1-8-23-13-24(15-26-19(4)9-17(2)10-20(26)5)28(29)25(14-23)16-27-21(6)11-18(3)12-22(27)7/h9-12,15-16,23H,8,13-14H2,1-7H3/b24-15-,25-16-. The fourth-order valence-electron chi connectivity index (χ4n) is 4.81. The fourth-order valence-corrected chi connectivity index (χ4v) is 4.81. The molecule has 0 spiro atoms. The number of allylic oxidation sites excluding steroid dienone is 2. The molecule has 1 fully saturated rings. The summed E-state index contributed by atoms with van der Waals surface area (Å²) in [5.41, 5.74) is 11.9. The van der Waals surface area contributed by atoms with Crippen LogP contribution in [0.1, 0.15) is 70.7 Å². The average Bonchev–Trinajstić information content (AvgIpc) is 2.63. The molecule has 29 heavy (non-hydrogen) atoms. The van der Waals surface area contributed by atoms with Gasteiger partial charge in [-0.15, -0.1) is 0 Å². The van der Waals surface area contributed by atoms with Gasteiger partial charge < -0.3 is 0 Å². The van der Waals surface area contributed by atoms with E-state index in [9.17, 15) is 4.79 Å². The van der Waals surface area contributed by atoms with Gasteiger partial charge in [-0.3, -0.25) is 4.79 Å². The maximum absolute atomic E-state index is 13.4. The smallest absolute Gasteiger partial charge is 0.185 e. The Balaban J connectivity index is 2.07. The van der Waals surface area contributed by atoms with E-state index in [0.29, 0.717) is 5.92 Å². The Labute approximate surface area is 176 Å². The van der Waals surface area contributed by atoms with Gasteiger partial charge in [-0.05, 0) is 106 Å². The molecule has 1 aliphatic rings. The molecule has 1 saturated carbocycles. The van der Waals surface area contributed by atoms with Crippen molar-refractivity contribution >= 4 is 17.9 Å². The highest BCUT2D eigenvalue weighted by atomic mass is 16.1. The highest BCUT2D eigenvalue weighted by Gasteiger charge is 2.27. The Kier molecular flexibility index (Phi) is 6.27. The molecule has 152 valence electrons. The van der Waals surface area contributed by atoms with Crippen molar-refractivity contribution in [3.05, 3.63) is 79.9 Å². The van der Waals surface area contributed by atoms with Crippen LogP contribution in [-0.2, 0) is 4.79 Å². The summed E-state index contributed by atoms with van der Waals surface area (Å²) in [5, 5.41) is 0. The molecular formula is C28H34O. The number of carbonyl (C=O) groups is 1. The fraction of sp³-hybridized carbons (Fsp3) is 0.393. The van der Waals surface area contributed by atoms with Gasteiger partial charge in [0.1, 0.15) is 0 Å². The number of carbonyl (C=O) groups excluding carboxylic acids is 1. The first-order chi connectivity index (χ1) is 13.7. The summed E-state index contributed by atoms with van der Waals surface area (Å²) in [7, 11) is 0. The van der Waals surface area contributed by atoms with E-state index in [1.807, 2.05) is 0 Å². The summed E-state index contributed by atoms with van der Waals surface area (Å²) in [6.45, 7) is 15.1. The minimum absolute atomic E-state index is 0.230. The summed E-state index contributed by atoms with van der Waals surface area (Å²) in [6.07, 6.45) is 7.18. The second kappa shape index (κ2) is 8.53. The third-order valence-corrected chi connectivity index (χ3v) is 6.29. The first-order valence-corrected chi connectivity index (χ1v) is 10.8. The minimum Gasteiger partial charge on any atom is -0.289 e. The zero-order valence-electron chi connectivity index (χ0n) is 19.1. The van der Waals surface area contributed by atoms with Crippen LogP contribution < -0.4 is 0 Å². The third-order valence-electron chi connectivity index (χ3n) is 6.29. The van der Waals surface area contributed by atoms with Gasteiger partial charge in [0.15, 0.2) is 5.78 Å². The van der Waals surface area contributed by atoms with Crippen LogP contribution in [-0.4, -0.2) is 5.78 Å². The third kappa shape index (κ3) is 4.61. The number of aryl methyl sites for hydroxylation is 6. The van der Waals surface area contributed by atoms with Crippen molar-refractivity contribution in [2.45, 2.75) is 67.7 Å². The van der Waals surface area contributed by atoms with Gasteiger partial charge in [0.05, 0.1) is 0 Å². The SMILES string of the molecule is CCC1C/C(=C/c2c(C)cc(C)cc2C)C(=O)/C(=C\c2c(C)cc(C)cc2C)C1. The molecule has 0 atom stereocenters. The molecule has 2 aromatic rings. The highest BCUT2D eigenvalue weighted by Crippen LogP contribution is 2.35. The van der Waals surface area contributed by atoms with Crippen LogP contribution in [0.5, 0.6) is 0 Å². The lowest BCUT2D eigenvalue weighted by Gasteiger charge is -2.25. The molecule has 0 radical (unpaired) electrons. The van der Waals surface area contributed by atoms with E-state index < -0.39 is 0 Å². The molecule has 0 aliphatic heterocycles. The Morgan fingerprint density at radius 1 is 0.724 bits per heavy atom. The van der Waals surface area contributed by atoms with Crippen molar-refractivity contribution in [3.8, 4) is 0 Å². The maximum atomic E-state index is 13.4. The van der Waals surface area contributed by atoms with Crippen molar-refractivity contribution < 1.29 is 4.79 Å². The van der Waals surface area contributed by atoms with Crippen LogP contribution in [0, 0.1) is 47.5 Å². The molecule has 0 unspecified atom stereocenters. The Bertz CT molecular complexity index is 891. The zero-order valence-corrected chi connectivity index (χ0v) is 19.1. The molecule has 0 bridgehead atoms. The lowest BCUT2D eigenvalue weighted by Crippen LogP contribution is -2.20. The summed E-state index contributed by atoms with van der Waals surface area (Å²) < 4.78 is 0. The largest absolute Gasteiger partial charge is 0.289 e.